The Morgan fingerprint density at radius 1 is 1.26 bits per heavy atom. The molecule has 2 heterocycles. The number of nitrogens with one attached hydrogen (secondary N) is 1. The molecule has 1 aromatic carbocycles. The van der Waals surface area contributed by atoms with Crippen LogP contribution in [-0.4, -0.2) is 35.7 Å². The van der Waals surface area contributed by atoms with Crippen LogP contribution in [0.4, 0.5) is 0 Å². The summed E-state index contributed by atoms with van der Waals surface area (Å²) < 4.78 is 3.46. The van der Waals surface area contributed by atoms with E-state index in [4.69, 9.17) is 0 Å². The summed E-state index contributed by atoms with van der Waals surface area (Å²) in [6, 6.07) is 9.68. The van der Waals surface area contributed by atoms with Crippen molar-refractivity contribution >= 4 is 35.5 Å². The van der Waals surface area contributed by atoms with Gasteiger partial charge in [0.05, 0.1) is 0 Å². The molecule has 0 bridgehead atoms. The molecule has 0 saturated heterocycles. The number of aryl methyl sites for hydroxylation is 2. The Bertz CT molecular complexity index is 806. The standard InChI is InChI=1S/C13H13AsN4O/c1-8-7-11(16-15-8)14-12-9-5-3-4-6-10(9)13(19)18(2)17-12/h3-7,14H,1-2H3,(H,15,16). The Kier molecular flexibility index (Phi) is 2.99. The van der Waals surface area contributed by atoms with Crippen molar-refractivity contribution in [2.75, 3.05) is 0 Å². The number of rotatable bonds is 2. The molecule has 0 amide bonds. The van der Waals surface area contributed by atoms with Crippen molar-refractivity contribution in [3.8, 4) is 0 Å². The van der Waals surface area contributed by atoms with Crippen LogP contribution in [0.3, 0.4) is 0 Å². The first-order valence-corrected chi connectivity index (χ1v) is 8.00. The molecule has 0 fully saturated rings. The van der Waals surface area contributed by atoms with Crippen molar-refractivity contribution in [3.63, 3.8) is 0 Å². The number of aromatic amines is 1. The van der Waals surface area contributed by atoms with Crippen LogP contribution in [0.25, 0.3) is 10.8 Å². The number of aromatic nitrogens is 4. The van der Waals surface area contributed by atoms with E-state index < -0.39 is 15.8 Å². The number of nitrogens with zero attached hydrogens (tertiary/aromatic N) is 3. The third kappa shape index (κ3) is 2.21. The zero-order valence-electron chi connectivity index (χ0n) is 10.6. The van der Waals surface area contributed by atoms with Crippen molar-refractivity contribution < 1.29 is 0 Å². The van der Waals surface area contributed by atoms with Gasteiger partial charge in [-0.2, -0.15) is 0 Å². The van der Waals surface area contributed by atoms with Crippen molar-refractivity contribution in [3.05, 3.63) is 46.4 Å². The fourth-order valence-corrected chi connectivity index (χ4v) is 4.50. The second-order valence-corrected chi connectivity index (χ2v) is 6.98. The molecule has 0 spiro atoms. The SMILES string of the molecule is Cc1cc([AsH]c2nn(C)c(=O)c3ccccc23)n[nH]1. The molecule has 5 nitrogen and oxygen atoms in total. The predicted molar refractivity (Wildman–Crippen MR) is 76.7 cm³/mol. The van der Waals surface area contributed by atoms with E-state index in [0.29, 0.717) is 0 Å². The predicted octanol–water partition coefficient (Wildman–Crippen LogP) is -0.648. The molecule has 3 aromatic rings. The van der Waals surface area contributed by atoms with E-state index in [2.05, 4.69) is 15.3 Å². The second-order valence-electron chi connectivity index (χ2n) is 4.38. The third-order valence-electron chi connectivity index (χ3n) is 2.91. The Hall–Kier alpha value is -1.87. The zero-order valence-corrected chi connectivity index (χ0v) is 12.7. The molecule has 19 heavy (non-hydrogen) atoms. The maximum absolute atomic E-state index is 12.0. The van der Waals surface area contributed by atoms with Gasteiger partial charge in [-0.3, -0.25) is 0 Å². The van der Waals surface area contributed by atoms with Crippen LogP contribution in [0.5, 0.6) is 0 Å². The summed E-state index contributed by atoms with van der Waals surface area (Å²) >= 11 is -0.646. The topological polar surface area (TPSA) is 63.6 Å². The van der Waals surface area contributed by atoms with Crippen LogP contribution in [0.2, 0.25) is 0 Å². The molecule has 2 aromatic heterocycles. The van der Waals surface area contributed by atoms with Crippen LogP contribution in [0.15, 0.2) is 35.1 Å². The second kappa shape index (κ2) is 4.67. The van der Waals surface area contributed by atoms with Gasteiger partial charge < -0.3 is 0 Å². The first-order chi connectivity index (χ1) is 9.15. The van der Waals surface area contributed by atoms with Crippen molar-refractivity contribution in [1.82, 2.24) is 20.0 Å². The number of hydrogen-bond donors (Lipinski definition) is 1. The molecule has 3 rings (SSSR count). The molecular weight excluding hydrogens is 303 g/mol. The minimum absolute atomic E-state index is 0.0517. The maximum atomic E-state index is 12.0. The number of hydrogen-bond acceptors (Lipinski definition) is 3. The molecule has 0 aliphatic heterocycles. The monoisotopic (exact) mass is 316 g/mol. The van der Waals surface area contributed by atoms with Gasteiger partial charge in [-0.1, -0.05) is 0 Å². The molecule has 0 aliphatic rings. The van der Waals surface area contributed by atoms with E-state index in [1.54, 1.807) is 7.05 Å². The van der Waals surface area contributed by atoms with Crippen LogP contribution in [0.1, 0.15) is 5.69 Å². The molecule has 1 unspecified atom stereocenters. The molecule has 96 valence electrons. The van der Waals surface area contributed by atoms with Gasteiger partial charge in [-0.15, -0.1) is 0 Å². The van der Waals surface area contributed by atoms with E-state index >= 15 is 0 Å². The van der Waals surface area contributed by atoms with Crippen molar-refractivity contribution in [2.45, 2.75) is 6.92 Å². The van der Waals surface area contributed by atoms with E-state index in [-0.39, 0.29) is 5.56 Å². The van der Waals surface area contributed by atoms with E-state index in [1.165, 1.54) is 4.68 Å². The molecule has 0 aliphatic carbocycles. The quantitative estimate of drug-likeness (QED) is 0.639. The average Bonchev–Trinajstić information content (AvgIpc) is 2.81. The number of fused-ring (bicyclic) bond motifs is 1. The summed E-state index contributed by atoms with van der Waals surface area (Å²) in [4.78, 5) is 12.0. The zero-order chi connectivity index (χ0) is 13.4. The van der Waals surface area contributed by atoms with Gasteiger partial charge in [-0.25, -0.2) is 0 Å². The first-order valence-electron chi connectivity index (χ1n) is 5.90. The van der Waals surface area contributed by atoms with Crippen molar-refractivity contribution in [2.24, 2.45) is 7.05 Å². The summed E-state index contributed by atoms with van der Waals surface area (Å²) in [6.45, 7) is 1.98. The molecule has 0 radical (unpaired) electrons. The van der Waals surface area contributed by atoms with E-state index in [1.807, 2.05) is 37.3 Å². The van der Waals surface area contributed by atoms with E-state index in [9.17, 15) is 4.79 Å². The normalized spacial score (nSPS) is 11.7. The molecule has 1 atom stereocenters. The number of H-pyrrole nitrogens is 1. The first kappa shape index (κ1) is 12.2. The minimum atomic E-state index is -0.646. The fraction of sp³-hybridized carbons (Fsp3) is 0.154. The van der Waals surface area contributed by atoms with Crippen LogP contribution in [-0.2, 0) is 7.05 Å². The molecule has 6 heteroatoms. The van der Waals surface area contributed by atoms with Gasteiger partial charge in [0, 0.05) is 0 Å². The average molecular weight is 316 g/mol. The summed E-state index contributed by atoms with van der Waals surface area (Å²) in [6.07, 6.45) is 0. The fourth-order valence-electron chi connectivity index (χ4n) is 2.00. The van der Waals surface area contributed by atoms with Crippen LogP contribution in [0, 0.1) is 6.92 Å². The Labute approximate surface area is 116 Å². The molecular formula is C13H13AsN4O. The Balaban J connectivity index is 2.18. The van der Waals surface area contributed by atoms with Crippen LogP contribution >= 0.6 is 0 Å². The summed E-state index contributed by atoms with van der Waals surface area (Å²) in [5.41, 5.74) is 0.997. The number of benzene rings is 1. The Morgan fingerprint density at radius 2 is 2.00 bits per heavy atom. The van der Waals surface area contributed by atoms with Gasteiger partial charge in [0.1, 0.15) is 0 Å². The van der Waals surface area contributed by atoms with E-state index in [0.717, 1.165) is 25.4 Å². The molecule has 1 N–H and O–H groups in total. The van der Waals surface area contributed by atoms with Crippen LogP contribution < -0.4 is 14.5 Å². The third-order valence-corrected chi connectivity index (χ3v) is 5.26. The summed E-state index contributed by atoms with van der Waals surface area (Å²) in [7, 11) is 1.69. The van der Waals surface area contributed by atoms with Gasteiger partial charge in [0.2, 0.25) is 0 Å². The summed E-state index contributed by atoms with van der Waals surface area (Å²) in [5, 5.41) is 13.3. The molecule has 0 saturated carbocycles. The summed E-state index contributed by atoms with van der Waals surface area (Å²) in [5.74, 6) is 0. The van der Waals surface area contributed by atoms with Gasteiger partial charge in [-0.05, 0) is 0 Å². The Morgan fingerprint density at radius 3 is 2.68 bits per heavy atom. The van der Waals surface area contributed by atoms with Crippen molar-refractivity contribution in [1.29, 1.82) is 0 Å². The van der Waals surface area contributed by atoms with Gasteiger partial charge in [0.25, 0.3) is 0 Å². The van der Waals surface area contributed by atoms with Gasteiger partial charge >= 0.3 is 116 Å². The van der Waals surface area contributed by atoms with Gasteiger partial charge in [0.15, 0.2) is 0 Å².